The summed E-state index contributed by atoms with van der Waals surface area (Å²) >= 11 is 0. The van der Waals surface area contributed by atoms with Crippen molar-refractivity contribution in [1.29, 1.82) is 0 Å². The van der Waals surface area contributed by atoms with Crippen molar-refractivity contribution in [1.82, 2.24) is 0 Å². The van der Waals surface area contributed by atoms with Gasteiger partial charge in [-0.3, -0.25) is 0 Å². The van der Waals surface area contributed by atoms with Gasteiger partial charge in [0.15, 0.2) is 0 Å². The molecule has 0 aliphatic heterocycles. The van der Waals surface area contributed by atoms with E-state index in [2.05, 4.69) is 0 Å². The Morgan fingerprint density at radius 3 is 2.47 bits per heavy atom. The van der Waals surface area contributed by atoms with Crippen LogP contribution in [0, 0.1) is 0 Å². The number of rotatable bonds is 1. The molecule has 3 atom stereocenters. The van der Waals surface area contributed by atoms with Gasteiger partial charge in [-0.1, -0.05) is 18.2 Å². The van der Waals surface area contributed by atoms with Gasteiger partial charge in [0, 0.05) is 6.04 Å². The van der Waals surface area contributed by atoms with E-state index in [1.165, 1.54) is 12.1 Å². The lowest BCUT2D eigenvalue weighted by Crippen LogP contribution is -2.39. The van der Waals surface area contributed by atoms with Gasteiger partial charge in [0.1, 0.15) is 0 Å². The molecule has 0 saturated heterocycles. The van der Waals surface area contributed by atoms with Crippen molar-refractivity contribution in [3.63, 3.8) is 0 Å². The zero-order valence-corrected chi connectivity index (χ0v) is 11.0. The van der Waals surface area contributed by atoms with Gasteiger partial charge >= 0.3 is 6.18 Å². The van der Waals surface area contributed by atoms with Crippen LogP contribution >= 0.6 is 12.4 Å². The molecule has 0 aromatic heterocycles. The first-order valence-electron chi connectivity index (χ1n) is 5.98. The molecule has 0 unspecified atom stereocenters. The van der Waals surface area contributed by atoms with Crippen LogP contribution in [0.4, 0.5) is 13.2 Å². The van der Waals surface area contributed by atoms with E-state index >= 15 is 0 Å². The fourth-order valence-electron chi connectivity index (χ4n) is 2.46. The van der Waals surface area contributed by atoms with Crippen LogP contribution in [0.2, 0.25) is 0 Å². The first kappa shape index (κ1) is 16.3. The molecule has 1 saturated carbocycles. The topological polar surface area (TPSA) is 46.2 Å². The number of halogens is 4. The Bertz CT molecular complexity index is 425. The van der Waals surface area contributed by atoms with Crippen LogP contribution in [0.3, 0.4) is 0 Å². The highest BCUT2D eigenvalue weighted by atomic mass is 35.5. The lowest BCUT2D eigenvalue weighted by atomic mass is 9.80. The molecule has 0 radical (unpaired) electrons. The number of aliphatic hydroxyl groups is 1. The average Bonchev–Trinajstić information content (AvgIpc) is 2.32. The molecule has 1 aromatic carbocycles. The number of nitrogens with two attached hydrogens (primary N) is 1. The van der Waals surface area contributed by atoms with Crippen LogP contribution in [-0.4, -0.2) is 17.3 Å². The summed E-state index contributed by atoms with van der Waals surface area (Å²) in [4.78, 5) is 0. The number of benzene rings is 1. The molecule has 2 nitrogen and oxygen atoms in total. The molecule has 108 valence electrons. The van der Waals surface area contributed by atoms with Gasteiger partial charge in [0.25, 0.3) is 0 Å². The van der Waals surface area contributed by atoms with E-state index in [0.29, 0.717) is 24.8 Å². The minimum Gasteiger partial charge on any atom is -0.392 e. The second-order valence-electron chi connectivity index (χ2n) is 4.86. The Balaban J connectivity index is 0.00000180. The summed E-state index contributed by atoms with van der Waals surface area (Å²) in [7, 11) is 0. The molecule has 0 amide bonds. The number of hydrogen-bond acceptors (Lipinski definition) is 2. The van der Waals surface area contributed by atoms with Crippen molar-refractivity contribution in [2.24, 2.45) is 5.73 Å². The van der Waals surface area contributed by atoms with Crippen molar-refractivity contribution in [2.75, 3.05) is 0 Å². The summed E-state index contributed by atoms with van der Waals surface area (Å²) in [5, 5.41) is 9.52. The molecule has 6 heteroatoms. The summed E-state index contributed by atoms with van der Waals surface area (Å²) in [6, 6.07) is 5.04. The lowest BCUT2D eigenvalue weighted by molar-refractivity contribution is -0.137. The fourth-order valence-corrected chi connectivity index (χ4v) is 2.46. The number of aliphatic hydroxyl groups excluding tert-OH is 1. The summed E-state index contributed by atoms with van der Waals surface area (Å²) in [5.41, 5.74) is 5.79. The van der Waals surface area contributed by atoms with Gasteiger partial charge in [0.2, 0.25) is 0 Å². The maximum atomic E-state index is 12.6. The van der Waals surface area contributed by atoms with Crippen LogP contribution < -0.4 is 5.73 Å². The fraction of sp³-hybridized carbons (Fsp3) is 0.538. The van der Waals surface area contributed by atoms with E-state index in [1.807, 2.05) is 0 Å². The second-order valence-corrected chi connectivity index (χ2v) is 4.86. The smallest absolute Gasteiger partial charge is 0.392 e. The third kappa shape index (κ3) is 3.84. The van der Waals surface area contributed by atoms with Gasteiger partial charge < -0.3 is 10.8 Å². The molecular formula is C13H17ClF3NO. The van der Waals surface area contributed by atoms with E-state index in [-0.39, 0.29) is 24.4 Å². The molecule has 1 fully saturated rings. The van der Waals surface area contributed by atoms with Crippen molar-refractivity contribution in [2.45, 2.75) is 43.5 Å². The van der Waals surface area contributed by atoms with Crippen LogP contribution in [-0.2, 0) is 6.18 Å². The monoisotopic (exact) mass is 295 g/mol. The minimum atomic E-state index is -4.31. The van der Waals surface area contributed by atoms with E-state index in [9.17, 15) is 18.3 Å². The molecule has 1 aromatic rings. The SMILES string of the molecule is Cl.N[C@H]1C[C@@H](c2cccc(C(F)(F)F)c2)CC[C@@H]1O. The molecular weight excluding hydrogens is 279 g/mol. The largest absolute Gasteiger partial charge is 0.416 e. The van der Waals surface area contributed by atoms with Crippen molar-refractivity contribution < 1.29 is 18.3 Å². The zero-order chi connectivity index (χ0) is 13.3. The highest BCUT2D eigenvalue weighted by molar-refractivity contribution is 5.85. The first-order chi connectivity index (χ1) is 8.38. The quantitative estimate of drug-likeness (QED) is 0.836. The lowest BCUT2D eigenvalue weighted by Gasteiger charge is -2.31. The van der Waals surface area contributed by atoms with Crippen LogP contribution in [0.25, 0.3) is 0 Å². The third-order valence-electron chi connectivity index (χ3n) is 3.55. The summed E-state index contributed by atoms with van der Waals surface area (Å²) in [6.07, 6.45) is -3.10. The highest BCUT2D eigenvalue weighted by Gasteiger charge is 2.32. The number of hydrogen-bond donors (Lipinski definition) is 2. The summed E-state index contributed by atoms with van der Waals surface area (Å²) in [5.74, 6) is 0.00528. The standard InChI is InChI=1S/C13H16F3NO.ClH/c14-13(15,16)10-3-1-2-8(6-10)9-4-5-12(18)11(17)7-9;/h1-3,6,9,11-12,18H,4-5,7,17H2;1H/t9-,11-,12-;/m0./s1. The average molecular weight is 296 g/mol. The van der Waals surface area contributed by atoms with Crippen molar-refractivity contribution in [3.05, 3.63) is 35.4 Å². The van der Waals surface area contributed by atoms with E-state index in [4.69, 9.17) is 5.73 Å². The first-order valence-corrected chi connectivity index (χ1v) is 5.98. The van der Waals surface area contributed by atoms with Gasteiger partial charge in [-0.05, 0) is 36.8 Å². The van der Waals surface area contributed by atoms with Crippen LogP contribution in [0.5, 0.6) is 0 Å². The van der Waals surface area contributed by atoms with E-state index in [1.54, 1.807) is 6.07 Å². The zero-order valence-electron chi connectivity index (χ0n) is 10.2. The number of alkyl halides is 3. The Labute approximate surface area is 116 Å². The van der Waals surface area contributed by atoms with Crippen LogP contribution in [0.1, 0.15) is 36.3 Å². The molecule has 0 bridgehead atoms. The van der Waals surface area contributed by atoms with Gasteiger partial charge in [-0.25, -0.2) is 0 Å². The van der Waals surface area contributed by atoms with Crippen molar-refractivity contribution >= 4 is 12.4 Å². The van der Waals surface area contributed by atoms with Crippen LogP contribution in [0.15, 0.2) is 24.3 Å². The third-order valence-corrected chi connectivity index (χ3v) is 3.55. The molecule has 1 aliphatic rings. The normalized spacial score (nSPS) is 27.7. The predicted octanol–water partition coefficient (Wildman–Crippen LogP) is 3.08. The Kier molecular flexibility index (Phi) is 5.24. The predicted molar refractivity (Wildman–Crippen MR) is 69.3 cm³/mol. The summed E-state index contributed by atoms with van der Waals surface area (Å²) in [6.45, 7) is 0. The molecule has 19 heavy (non-hydrogen) atoms. The highest BCUT2D eigenvalue weighted by Crippen LogP contribution is 2.36. The van der Waals surface area contributed by atoms with E-state index in [0.717, 1.165) is 6.07 Å². The maximum Gasteiger partial charge on any atom is 0.416 e. The molecule has 2 rings (SSSR count). The Morgan fingerprint density at radius 2 is 1.89 bits per heavy atom. The Hall–Kier alpha value is -0.780. The van der Waals surface area contributed by atoms with Crippen molar-refractivity contribution in [3.8, 4) is 0 Å². The van der Waals surface area contributed by atoms with Gasteiger partial charge in [-0.15, -0.1) is 12.4 Å². The van der Waals surface area contributed by atoms with Gasteiger partial charge in [-0.2, -0.15) is 13.2 Å². The molecule has 3 N–H and O–H groups in total. The minimum absolute atomic E-state index is 0. The molecule has 1 aliphatic carbocycles. The van der Waals surface area contributed by atoms with E-state index < -0.39 is 17.8 Å². The second kappa shape index (κ2) is 6.11. The molecule has 0 heterocycles. The Morgan fingerprint density at radius 1 is 1.21 bits per heavy atom. The molecule has 0 spiro atoms. The maximum absolute atomic E-state index is 12.6. The summed E-state index contributed by atoms with van der Waals surface area (Å²) < 4.78 is 37.8. The van der Waals surface area contributed by atoms with Gasteiger partial charge in [0.05, 0.1) is 11.7 Å².